The van der Waals surface area contributed by atoms with E-state index in [2.05, 4.69) is 4.98 Å². The second-order valence-electron chi connectivity index (χ2n) is 5.98. The molecule has 1 amide bonds. The average Bonchev–Trinajstić information content (AvgIpc) is 3.34. The highest BCUT2D eigenvalue weighted by Crippen LogP contribution is 2.33. The third-order valence-corrected chi connectivity index (χ3v) is 6.43. The number of carbonyl (C=O) groups is 1. The van der Waals surface area contributed by atoms with Crippen molar-refractivity contribution in [3.05, 3.63) is 45.6 Å². The van der Waals surface area contributed by atoms with Gasteiger partial charge in [0.2, 0.25) is 5.91 Å². The number of anilines is 1. The number of amides is 1. The maximum Gasteiger partial charge on any atom is 0.234 e. The van der Waals surface area contributed by atoms with Crippen molar-refractivity contribution < 1.29 is 9.53 Å². The second kappa shape index (κ2) is 7.41. The molecule has 7 heteroatoms. The fraction of sp³-hybridized carbons (Fsp3) is 0.333. The summed E-state index contributed by atoms with van der Waals surface area (Å²) in [7, 11) is 0. The summed E-state index contributed by atoms with van der Waals surface area (Å²) >= 11 is 9.36. The van der Waals surface area contributed by atoms with Crippen LogP contribution < -0.4 is 4.90 Å². The maximum absolute atomic E-state index is 13.0. The van der Waals surface area contributed by atoms with Crippen LogP contribution in [-0.4, -0.2) is 30.1 Å². The van der Waals surface area contributed by atoms with Crippen LogP contribution in [0.1, 0.15) is 17.7 Å². The van der Waals surface area contributed by atoms with Crippen molar-refractivity contribution in [2.75, 3.05) is 18.1 Å². The van der Waals surface area contributed by atoms with E-state index < -0.39 is 0 Å². The zero-order valence-electron chi connectivity index (χ0n) is 13.5. The predicted molar refractivity (Wildman–Crippen MR) is 104 cm³/mol. The lowest BCUT2D eigenvalue weighted by molar-refractivity contribution is -0.118. The Morgan fingerprint density at radius 1 is 1.36 bits per heavy atom. The highest BCUT2D eigenvalue weighted by Gasteiger charge is 2.26. The van der Waals surface area contributed by atoms with Gasteiger partial charge in [-0.05, 0) is 36.4 Å². The van der Waals surface area contributed by atoms with Crippen LogP contribution in [0.15, 0.2) is 35.7 Å². The van der Waals surface area contributed by atoms with E-state index in [1.54, 1.807) is 16.2 Å². The van der Waals surface area contributed by atoms with Gasteiger partial charge in [0.1, 0.15) is 5.52 Å². The number of hydrogen-bond acceptors (Lipinski definition) is 5. The molecule has 0 radical (unpaired) electrons. The summed E-state index contributed by atoms with van der Waals surface area (Å²) in [5.74, 6) is 0.0492. The van der Waals surface area contributed by atoms with Gasteiger partial charge >= 0.3 is 0 Å². The zero-order valence-corrected chi connectivity index (χ0v) is 15.9. The van der Waals surface area contributed by atoms with E-state index in [0.717, 1.165) is 34.5 Å². The quantitative estimate of drug-likeness (QED) is 0.628. The molecule has 1 fully saturated rings. The fourth-order valence-corrected chi connectivity index (χ4v) is 4.94. The first-order valence-corrected chi connectivity index (χ1v) is 10.3. The summed E-state index contributed by atoms with van der Waals surface area (Å²) in [4.78, 5) is 20.4. The Labute approximate surface area is 159 Å². The van der Waals surface area contributed by atoms with Gasteiger partial charge in [-0.3, -0.25) is 9.69 Å². The minimum atomic E-state index is 0.0492. The number of benzene rings is 1. The number of ether oxygens (including phenoxy) is 1. The second-order valence-corrected chi connectivity index (χ2v) is 8.43. The van der Waals surface area contributed by atoms with Crippen molar-refractivity contribution in [1.82, 2.24) is 4.98 Å². The Morgan fingerprint density at radius 3 is 3.00 bits per heavy atom. The van der Waals surface area contributed by atoms with E-state index in [1.165, 1.54) is 11.3 Å². The van der Waals surface area contributed by atoms with Crippen molar-refractivity contribution in [2.24, 2.45) is 0 Å². The minimum Gasteiger partial charge on any atom is -0.376 e. The molecule has 3 heterocycles. The van der Waals surface area contributed by atoms with E-state index in [0.29, 0.717) is 23.1 Å². The van der Waals surface area contributed by atoms with Crippen LogP contribution in [0.3, 0.4) is 0 Å². The topological polar surface area (TPSA) is 42.4 Å². The van der Waals surface area contributed by atoms with Crippen LogP contribution in [0.25, 0.3) is 10.2 Å². The molecular formula is C18H17ClN2O2S2. The maximum atomic E-state index is 13.0. The summed E-state index contributed by atoms with van der Waals surface area (Å²) in [5.41, 5.74) is 0.755. The molecule has 4 nitrogen and oxygen atoms in total. The van der Waals surface area contributed by atoms with Crippen LogP contribution in [0, 0.1) is 0 Å². The molecule has 0 N–H and O–H groups in total. The zero-order chi connectivity index (χ0) is 17.2. The Hall–Kier alpha value is -1.47. The number of thiazole rings is 1. The van der Waals surface area contributed by atoms with Crippen molar-refractivity contribution in [1.29, 1.82) is 0 Å². The van der Waals surface area contributed by atoms with Gasteiger partial charge in [-0.1, -0.05) is 35.1 Å². The Balaban J connectivity index is 1.65. The van der Waals surface area contributed by atoms with E-state index in [9.17, 15) is 4.79 Å². The molecule has 4 rings (SSSR count). The van der Waals surface area contributed by atoms with Crippen LogP contribution in [-0.2, 0) is 16.0 Å². The standard InChI is InChI=1S/C18H17ClN2O2S2/c19-14-6-1-7-15-17(14)20-18(25-15)21(11-12-4-2-8-23-12)16(22)10-13-5-3-9-24-13/h1,3,5-7,9,12H,2,4,8,10-11H2/t12-/m1/s1. The molecule has 0 aliphatic carbocycles. The Morgan fingerprint density at radius 2 is 2.28 bits per heavy atom. The van der Waals surface area contributed by atoms with E-state index >= 15 is 0 Å². The molecule has 1 saturated heterocycles. The summed E-state index contributed by atoms with van der Waals surface area (Å²) in [6.45, 7) is 1.31. The summed E-state index contributed by atoms with van der Waals surface area (Å²) in [6.07, 6.45) is 2.49. The molecular weight excluding hydrogens is 376 g/mol. The number of aromatic nitrogens is 1. The SMILES string of the molecule is O=C(Cc1cccs1)N(C[C@H]1CCCO1)c1nc2c(Cl)cccc2s1. The molecule has 2 aromatic heterocycles. The molecule has 25 heavy (non-hydrogen) atoms. The molecule has 1 aromatic carbocycles. The molecule has 1 atom stereocenters. The lowest BCUT2D eigenvalue weighted by atomic mass is 10.2. The summed E-state index contributed by atoms with van der Waals surface area (Å²) < 4.78 is 6.74. The Bertz CT molecular complexity index is 872. The monoisotopic (exact) mass is 392 g/mol. The first-order valence-electron chi connectivity index (χ1n) is 8.20. The highest BCUT2D eigenvalue weighted by atomic mass is 35.5. The van der Waals surface area contributed by atoms with Gasteiger partial charge in [0.15, 0.2) is 5.13 Å². The highest BCUT2D eigenvalue weighted by molar-refractivity contribution is 7.22. The van der Waals surface area contributed by atoms with Gasteiger partial charge in [-0.25, -0.2) is 4.98 Å². The minimum absolute atomic E-state index is 0.0492. The van der Waals surface area contributed by atoms with E-state index in [1.807, 2.05) is 35.7 Å². The summed E-state index contributed by atoms with van der Waals surface area (Å²) in [6, 6.07) is 9.67. The number of thiophene rings is 1. The third-order valence-electron chi connectivity index (χ3n) is 4.21. The molecule has 1 aliphatic rings. The number of carbonyl (C=O) groups excluding carboxylic acids is 1. The number of halogens is 1. The van der Waals surface area contributed by atoms with Crippen molar-refractivity contribution >= 4 is 55.5 Å². The lowest BCUT2D eigenvalue weighted by Gasteiger charge is -2.22. The molecule has 0 unspecified atom stereocenters. The first-order chi connectivity index (χ1) is 12.2. The molecule has 3 aromatic rings. The van der Waals surface area contributed by atoms with Gasteiger partial charge in [0.25, 0.3) is 0 Å². The largest absolute Gasteiger partial charge is 0.376 e. The number of rotatable bonds is 5. The lowest BCUT2D eigenvalue weighted by Crippen LogP contribution is -2.38. The number of nitrogens with zero attached hydrogens (tertiary/aromatic N) is 2. The van der Waals surface area contributed by atoms with Crippen LogP contribution >= 0.6 is 34.3 Å². The van der Waals surface area contributed by atoms with Crippen LogP contribution in [0.2, 0.25) is 5.02 Å². The van der Waals surface area contributed by atoms with Crippen molar-refractivity contribution in [3.63, 3.8) is 0 Å². The number of fused-ring (bicyclic) bond motifs is 1. The molecule has 0 spiro atoms. The smallest absolute Gasteiger partial charge is 0.234 e. The van der Waals surface area contributed by atoms with Gasteiger partial charge in [-0.15, -0.1) is 11.3 Å². The van der Waals surface area contributed by atoms with Crippen LogP contribution in [0.5, 0.6) is 0 Å². The summed E-state index contributed by atoms with van der Waals surface area (Å²) in [5, 5.41) is 3.30. The average molecular weight is 393 g/mol. The van der Waals surface area contributed by atoms with Crippen LogP contribution in [0.4, 0.5) is 5.13 Å². The van der Waals surface area contributed by atoms with E-state index in [4.69, 9.17) is 16.3 Å². The normalized spacial score (nSPS) is 17.2. The van der Waals surface area contributed by atoms with Gasteiger partial charge in [0, 0.05) is 11.5 Å². The molecule has 1 aliphatic heterocycles. The van der Waals surface area contributed by atoms with Crippen molar-refractivity contribution in [3.8, 4) is 0 Å². The van der Waals surface area contributed by atoms with Gasteiger partial charge < -0.3 is 4.74 Å². The van der Waals surface area contributed by atoms with Gasteiger partial charge in [-0.2, -0.15) is 0 Å². The number of para-hydroxylation sites is 1. The number of hydrogen-bond donors (Lipinski definition) is 0. The molecule has 130 valence electrons. The Kier molecular flexibility index (Phi) is 5.03. The van der Waals surface area contributed by atoms with E-state index in [-0.39, 0.29) is 12.0 Å². The molecule has 0 bridgehead atoms. The predicted octanol–water partition coefficient (Wildman–Crippen LogP) is 4.77. The fourth-order valence-electron chi connectivity index (χ4n) is 2.95. The first kappa shape index (κ1) is 17.0. The van der Waals surface area contributed by atoms with Crippen molar-refractivity contribution in [2.45, 2.75) is 25.4 Å². The van der Waals surface area contributed by atoms with Gasteiger partial charge in [0.05, 0.1) is 28.8 Å². The third kappa shape index (κ3) is 3.72. The molecule has 0 saturated carbocycles.